The molecule has 144 valence electrons. The second kappa shape index (κ2) is 7.36. The van der Waals surface area contributed by atoms with E-state index < -0.39 is 5.41 Å². The predicted molar refractivity (Wildman–Crippen MR) is 118 cm³/mol. The van der Waals surface area contributed by atoms with Crippen LogP contribution in [0.5, 0.6) is 0 Å². The maximum Gasteiger partial charge on any atom is 0.312 e. The summed E-state index contributed by atoms with van der Waals surface area (Å²) >= 11 is 0. The standard InChI is InChI=1S/C27H24O2/c28-26-27(14-5-15-29-26,18-20-10-12-22-6-1-3-8-24(22)16-20)19-21-11-13-23-7-2-4-9-25(23)17-21/h1-4,6-13,16-17H,5,14-15,18-19H2. The zero-order chi connectivity index (χ0) is 19.7. The Hall–Kier alpha value is -3.13. The van der Waals surface area contributed by atoms with Crippen LogP contribution in [0.3, 0.4) is 0 Å². The maximum absolute atomic E-state index is 13.0. The van der Waals surface area contributed by atoms with Gasteiger partial charge in [-0.15, -0.1) is 0 Å². The van der Waals surface area contributed by atoms with Crippen molar-refractivity contribution >= 4 is 27.5 Å². The van der Waals surface area contributed by atoms with Crippen LogP contribution in [0.15, 0.2) is 84.9 Å². The first-order valence-electron chi connectivity index (χ1n) is 10.3. The quantitative estimate of drug-likeness (QED) is 0.400. The van der Waals surface area contributed by atoms with Gasteiger partial charge in [0.25, 0.3) is 0 Å². The number of carbonyl (C=O) groups excluding carboxylic acids is 1. The molecule has 0 atom stereocenters. The number of ether oxygens (including phenoxy) is 1. The molecule has 1 fully saturated rings. The molecule has 2 nitrogen and oxygen atoms in total. The molecule has 1 aliphatic heterocycles. The summed E-state index contributed by atoms with van der Waals surface area (Å²) in [7, 11) is 0. The molecule has 0 N–H and O–H groups in total. The molecule has 5 rings (SSSR count). The fraction of sp³-hybridized carbons (Fsp3) is 0.222. The molecule has 1 aliphatic rings. The lowest BCUT2D eigenvalue weighted by molar-refractivity contribution is -0.162. The van der Waals surface area contributed by atoms with Crippen LogP contribution >= 0.6 is 0 Å². The number of hydrogen-bond donors (Lipinski definition) is 0. The molecular formula is C27H24O2. The molecule has 0 radical (unpaired) electrons. The van der Waals surface area contributed by atoms with Crippen molar-refractivity contribution < 1.29 is 9.53 Å². The Kier molecular flexibility index (Phi) is 4.55. The zero-order valence-corrected chi connectivity index (χ0v) is 16.4. The van der Waals surface area contributed by atoms with Gasteiger partial charge in [0.2, 0.25) is 0 Å². The SMILES string of the molecule is O=C1OCCCC1(Cc1ccc2ccccc2c1)Cc1ccc2ccccc2c1. The minimum atomic E-state index is -0.497. The fourth-order valence-corrected chi connectivity index (χ4v) is 4.69. The van der Waals surface area contributed by atoms with Crippen LogP contribution in [0.4, 0.5) is 0 Å². The first-order chi connectivity index (χ1) is 14.2. The molecule has 0 aromatic heterocycles. The average Bonchev–Trinajstić information content (AvgIpc) is 2.76. The van der Waals surface area contributed by atoms with Crippen molar-refractivity contribution in [3.63, 3.8) is 0 Å². The Morgan fingerprint density at radius 2 is 1.21 bits per heavy atom. The summed E-state index contributed by atoms with van der Waals surface area (Å²) in [5, 5.41) is 4.89. The summed E-state index contributed by atoms with van der Waals surface area (Å²) in [6.07, 6.45) is 3.21. The molecule has 2 heteroatoms. The predicted octanol–water partition coefficient (Wildman–Crippen LogP) is 6.10. The third-order valence-electron chi connectivity index (χ3n) is 6.18. The van der Waals surface area contributed by atoms with Crippen molar-refractivity contribution in [3.05, 3.63) is 96.1 Å². The molecule has 0 aliphatic carbocycles. The number of hydrogen-bond acceptors (Lipinski definition) is 2. The molecule has 0 amide bonds. The van der Waals surface area contributed by atoms with E-state index in [1.54, 1.807) is 0 Å². The molecule has 1 heterocycles. The van der Waals surface area contributed by atoms with Crippen molar-refractivity contribution in [2.45, 2.75) is 25.7 Å². The van der Waals surface area contributed by atoms with Gasteiger partial charge >= 0.3 is 5.97 Å². The van der Waals surface area contributed by atoms with Gasteiger partial charge in [0, 0.05) is 0 Å². The minimum Gasteiger partial charge on any atom is -0.465 e. The van der Waals surface area contributed by atoms with Crippen molar-refractivity contribution in [2.24, 2.45) is 5.41 Å². The Bertz CT molecular complexity index is 1110. The average molecular weight is 380 g/mol. The summed E-state index contributed by atoms with van der Waals surface area (Å²) in [6.45, 7) is 0.538. The molecule has 0 unspecified atom stereocenters. The van der Waals surface area contributed by atoms with Gasteiger partial charge in [0.1, 0.15) is 0 Å². The van der Waals surface area contributed by atoms with Crippen LogP contribution in [0.25, 0.3) is 21.5 Å². The highest BCUT2D eigenvalue weighted by molar-refractivity contribution is 5.85. The summed E-state index contributed by atoms with van der Waals surface area (Å²) in [4.78, 5) is 13.0. The van der Waals surface area contributed by atoms with Crippen molar-refractivity contribution in [1.29, 1.82) is 0 Å². The molecule has 0 bridgehead atoms. The number of fused-ring (bicyclic) bond motifs is 2. The Balaban J connectivity index is 1.51. The van der Waals surface area contributed by atoms with Crippen LogP contribution in [-0.2, 0) is 22.4 Å². The smallest absolute Gasteiger partial charge is 0.312 e. The lowest BCUT2D eigenvalue weighted by atomic mass is 9.72. The monoisotopic (exact) mass is 380 g/mol. The third kappa shape index (κ3) is 3.51. The molecule has 1 saturated heterocycles. The highest BCUT2D eigenvalue weighted by atomic mass is 16.5. The first kappa shape index (κ1) is 17.9. The van der Waals surface area contributed by atoms with Crippen LogP contribution in [0.1, 0.15) is 24.0 Å². The largest absolute Gasteiger partial charge is 0.465 e. The molecule has 4 aromatic carbocycles. The van der Waals surface area contributed by atoms with E-state index >= 15 is 0 Å². The van der Waals surface area contributed by atoms with E-state index in [4.69, 9.17) is 4.74 Å². The molecule has 29 heavy (non-hydrogen) atoms. The van der Waals surface area contributed by atoms with E-state index in [1.165, 1.54) is 32.7 Å². The van der Waals surface area contributed by atoms with Crippen molar-refractivity contribution in [1.82, 2.24) is 0 Å². The number of cyclic esters (lactones) is 1. The first-order valence-corrected chi connectivity index (χ1v) is 10.3. The van der Waals surface area contributed by atoms with Crippen LogP contribution in [-0.4, -0.2) is 12.6 Å². The minimum absolute atomic E-state index is 0.0509. The van der Waals surface area contributed by atoms with Crippen LogP contribution < -0.4 is 0 Å². The van der Waals surface area contributed by atoms with Gasteiger partial charge in [0.15, 0.2) is 0 Å². The van der Waals surface area contributed by atoms with Crippen LogP contribution in [0, 0.1) is 5.41 Å². The van der Waals surface area contributed by atoms with Crippen molar-refractivity contribution in [2.75, 3.05) is 6.61 Å². The Morgan fingerprint density at radius 3 is 1.72 bits per heavy atom. The number of benzene rings is 4. The number of rotatable bonds is 4. The number of carbonyl (C=O) groups is 1. The van der Waals surface area contributed by atoms with E-state index in [0.717, 1.165) is 12.8 Å². The maximum atomic E-state index is 13.0. The van der Waals surface area contributed by atoms with E-state index in [9.17, 15) is 4.79 Å². The van der Waals surface area contributed by atoms with Gasteiger partial charge in [-0.05, 0) is 58.4 Å². The molecular weight excluding hydrogens is 356 g/mol. The van der Waals surface area contributed by atoms with Gasteiger partial charge in [-0.1, -0.05) is 84.9 Å². The van der Waals surface area contributed by atoms with Gasteiger partial charge < -0.3 is 4.74 Å². The second-order valence-corrected chi connectivity index (χ2v) is 8.24. The second-order valence-electron chi connectivity index (χ2n) is 8.24. The van der Waals surface area contributed by atoms with Gasteiger partial charge in [-0.2, -0.15) is 0 Å². The summed E-state index contributed by atoms with van der Waals surface area (Å²) in [6, 6.07) is 29.8. The highest BCUT2D eigenvalue weighted by Crippen LogP contribution is 2.38. The van der Waals surface area contributed by atoms with Crippen molar-refractivity contribution in [3.8, 4) is 0 Å². The van der Waals surface area contributed by atoms with Crippen LogP contribution in [0.2, 0.25) is 0 Å². The Morgan fingerprint density at radius 1 is 0.690 bits per heavy atom. The summed E-state index contributed by atoms with van der Waals surface area (Å²) < 4.78 is 5.57. The van der Waals surface area contributed by atoms with E-state index in [0.29, 0.717) is 19.4 Å². The zero-order valence-electron chi connectivity index (χ0n) is 16.4. The van der Waals surface area contributed by atoms with E-state index in [2.05, 4.69) is 84.9 Å². The van der Waals surface area contributed by atoms with Gasteiger partial charge in [0.05, 0.1) is 12.0 Å². The molecule has 0 saturated carbocycles. The normalized spacial score (nSPS) is 16.1. The Labute approximate surface area is 171 Å². The van der Waals surface area contributed by atoms with Gasteiger partial charge in [-0.25, -0.2) is 0 Å². The lowest BCUT2D eigenvalue weighted by Crippen LogP contribution is -2.41. The van der Waals surface area contributed by atoms with E-state index in [-0.39, 0.29) is 5.97 Å². The lowest BCUT2D eigenvalue weighted by Gasteiger charge is -2.35. The topological polar surface area (TPSA) is 26.3 Å². The molecule has 4 aromatic rings. The highest BCUT2D eigenvalue weighted by Gasteiger charge is 2.42. The molecule has 0 spiro atoms. The number of esters is 1. The van der Waals surface area contributed by atoms with E-state index in [1.807, 2.05) is 0 Å². The third-order valence-corrected chi connectivity index (χ3v) is 6.18. The summed E-state index contributed by atoms with van der Waals surface area (Å²) in [5.74, 6) is -0.0509. The van der Waals surface area contributed by atoms with Gasteiger partial charge in [-0.3, -0.25) is 4.79 Å². The fourth-order valence-electron chi connectivity index (χ4n) is 4.69. The summed E-state index contributed by atoms with van der Waals surface area (Å²) in [5.41, 5.74) is 1.90.